The Hall–Kier alpha value is -4.44. The Morgan fingerprint density at radius 3 is 2.15 bits per heavy atom. The molecular weight excluding hydrogens is 722 g/mol. The number of hydrogen-bond donors (Lipinski definition) is 0. The number of hydrogen-bond acceptors (Lipinski definition) is 5. The van der Waals surface area contributed by atoms with Gasteiger partial charge in [-0.15, -0.1) is 23.4 Å². The number of rotatable bonds is 4. The first kappa shape index (κ1) is 24.6. The summed E-state index contributed by atoms with van der Waals surface area (Å²) in [6.07, 6.45) is 3.17. The van der Waals surface area contributed by atoms with Gasteiger partial charge in [0.2, 0.25) is 5.89 Å². The normalized spacial score (nSPS) is 11.7. The maximum absolute atomic E-state index is 6.20. The van der Waals surface area contributed by atoms with Crippen LogP contribution in [-0.2, 0) is 0 Å². The van der Waals surface area contributed by atoms with E-state index in [1.54, 1.807) is 0 Å². The monoisotopic (exact) mass is 740 g/mol. The summed E-state index contributed by atoms with van der Waals surface area (Å²) in [5.74, 6) is 0.574. The van der Waals surface area contributed by atoms with Crippen LogP contribution in [0.2, 0.25) is 0 Å². The number of benzene rings is 5. The molecule has 8 aromatic rings. The van der Waals surface area contributed by atoms with E-state index in [-0.39, 0.29) is 31.1 Å². The van der Waals surface area contributed by atoms with E-state index in [9.17, 15) is 0 Å². The Labute approximate surface area is 252 Å². The Balaban J connectivity index is 0.00000264. The Morgan fingerprint density at radius 1 is 0.700 bits per heavy atom. The van der Waals surface area contributed by atoms with Crippen LogP contribution in [0, 0.1) is 37.2 Å². The molecule has 0 N–H and O–H groups in total. The number of aliphatic imine (C=N–C) groups is 1. The van der Waals surface area contributed by atoms with Crippen molar-refractivity contribution < 1.29 is 39.9 Å². The van der Waals surface area contributed by atoms with E-state index in [0.29, 0.717) is 11.9 Å². The molecule has 8 rings (SSSR count). The molecule has 0 spiro atoms. The van der Waals surface area contributed by atoms with Gasteiger partial charge >= 0.3 is 37.1 Å². The zero-order valence-electron chi connectivity index (χ0n) is 21.0. The topological polar surface area (TPSA) is 69.3 Å². The average Bonchev–Trinajstić information content (AvgIpc) is 3.69. The molecule has 0 atom stereocenters. The van der Waals surface area contributed by atoms with Crippen LogP contribution in [0.5, 0.6) is 0 Å². The maximum Gasteiger partial charge on any atom is 2.00 e. The fraction of sp³-hybridized carbons (Fsp3) is 0. The van der Waals surface area contributed by atoms with E-state index in [4.69, 9.17) is 18.8 Å². The van der Waals surface area contributed by atoms with Crippen LogP contribution in [-0.4, -0.2) is 20.7 Å². The van der Waals surface area contributed by atoms with Gasteiger partial charge in [-0.25, -0.2) is 11.1 Å². The van der Waals surface area contributed by atoms with Crippen LogP contribution in [0.3, 0.4) is 0 Å². The van der Waals surface area contributed by atoms with Crippen LogP contribution < -0.4 is 0 Å². The van der Waals surface area contributed by atoms with Crippen molar-refractivity contribution in [2.45, 2.75) is 0 Å². The summed E-state index contributed by atoms with van der Waals surface area (Å²) in [6.45, 7) is 0. The molecule has 0 bridgehead atoms. The van der Waals surface area contributed by atoms with Gasteiger partial charge in [-0.2, -0.15) is 29.2 Å². The Kier molecular flexibility index (Phi) is 6.12. The van der Waals surface area contributed by atoms with E-state index in [0.717, 1.165) is 60.8 Å². The van der Waals surface area contributed by atoms with Gasteiger partial charge in [0.25, 0.3) is 0 Å². The number of para-hydroxylation sites is 5. The third kappa shape index (κ3) is 4.15. The minimum Gasteiger partial charge on any atom is -0.436 e. The minimum atomic E-state index is 0. The molecule has 0 aliphatic heterocycles. The third-order valence-electron chi connectivity index (χ3n) is 6.78. The van der Waals surface area contributed by atoms with Crippen LogP contribution in [0.4, 0.5) is 5.69 Å². The summed E-state index contributed by atoms with van der Waals surface area (Å²) in [6, 6.07) is 39.1. The van der Waals surface area contributed by atoms with Crippen molar-refractivity contribution in [3.05, 3.63) is 121 Å². The standard InChI is InChI=1S/C33H18N4O2.U/c1-2-8-23(9-3-1)34-20-21-14-16-28-24(18-21)25-19-22(32-35-26-10-4-6-12-30(26)38-32)15-17-29(25)37(28)33-36-27-11-5-7-13-31(27)39-33;/h1-8,10-19H;/q-2;+2. The van der Waals surface area contributed by atoms with E-state index in [2.05, 4.69) is 41.5 Å². The van der Waals surface area contributed by atoms with Gasteiger partial charge < -0.3 is 13.8 Å². The molecule has 0 aliphatic rings. The van der Waals surface area contributed by atoms with Gasteiger partial charge in [-0.1, -0.05) is 30.3 Å². The van der Waals surface area contributed by atoms with Crippen LogP contribution >= 0.6 is 0 Å². The summed E-state index contributed by atoms with van der Waals surface area (Å²) in [5, 5.41) is 2.03. The second-order valence-electron chi connectivity index (χ2n) is 9.22. The number of oxazole rings is 2. The van der Waals surface area contributed by atoms with Crippen molar-refractivity contribution >= 4 is 55.9 Å². The maximum atomic E-state index is 6.20. The molecule has 186 valence electrons. The first-order chi connectivity index (χ1) is 19.3. The fourth-order valence-corrected chi connectivity index (χ4v) is 4.96. The van der Waals surface area contributed by atoms with Gasteiger partial charge in [0.15, 0.2) is 11.2 Å². The van der Waals surface area contributed by atoms with Crippen molar-refractivity contribution in [2.75, 3.05) is 0 Å². The van der Waals surface area contributed by atoms with Gasteiger partial charge in [0.05, 0.1) is 5.52 Å². The minimum absolute atomic E-state index is 0. The summed E-state index contributed by atoms with van der Waals surface area (Å²) < 4.78 is 14.3. The molecule has 0 saturated heterocycles. The molecule has 0 fully saturated rings. The van der Waals surface area contributed by atoms with Crippen LogP contribution in [0.1, 0.15) is 5.56 Å². The van der Waals surface area contributed by atoms with Gasteiger partial charge in [-0.05, 0) is 59.5 Å². The largest absolute Gasteiger partial charge is 2.00 e. The molecule has 3 aromatic heterocycles. The van der Waals surface area contributed by atoms with E-state index in [1.165, 1.54) is 0 Å². The SMILES string of the molecule is [C-](=Nc1[c-]cccc1)c1ccc2c(c1)c1cc(-c3nc4ccccc4o3)ccc1n2-c1nc2ccccc2o1.[U+2]. The smallest absolute Gasteiger partial charge is 0.436 e. The number of nitrogens with zero attached hydrogens (tertiary/aromatic N) is 4. The van der Waals surface area contributed by atoms with Crippen LogP contribution in [0.25, 0.3) is 61.5 Å². The first-order valence-electron chi connectivity index (χ1n) is 12.5. The van der Waals surface area contributed by atoms with Crippen molar-refractivity contribution in [1.82, 2.24) is 14.5 Å². The number of fused-ring (bicyclic) bond motifs is 5. The first-order valence-corrected chi connectivity index (χ1v) is 12.5. The fourth-order valence-electron chi connectivity index (χ4n) is 4.96. The zero-order chi connectivity index (χ0) is 25.8. The predicted molar refractivity (Wildman–Crippen MR) is 153 cm³/mol. The molecule has 0 radical (unpaired) electrons. The second-order valence-corrected chi connectivity index (χ2v) is 9.22. The third-order valence-corrected chi connectivity index (χ3v) is 6.78. The summed E-state index contributed by atoms with van der Waals surface area (Å²) in [4.78, 5) is 14.0. The Morgan fingerprint density at radius 2 is 1.40 bits per heavy atom. The second kappa shape index (κ2) is 9.95. The van der Waals surface area contributed by atoms with Crippen molar-refractivity contribution in [3.8, 4) is 17.5 Å². The summed E-state index contributed by atoms with van der Waals surface area (Å²) in [5.41, 5.74) is 7.51. The molecular formula is C33H18N4O2U. The van der Waals surface area contributed by atoms with Gasteiger partial charge in [0.1, 0.15) is 11.0 Å². The predicted octanol–water partition coefficient (Wildman–Crippen LogP) is 8.16. The molecule has 3 heterocycles. The average molecular weight is 741 g/mol. The van der Waals surface area contributed by atoms with E-state index < -0.39 is 0 Å². The quantitative estimate of drug-likeness (QED) is 0.135. The molecule has 0 unspecified atom stereocenters. The van der Waals surface area contributed by atoms with Gasteiger partial charge in [0, 0.05) is 11.1 Å². The molecule has 0 amide bonds. The van der Waals surface area contributed by atoms with Crippen molar-refractivity contribution in [3.63, 3.8) is 0 Å². The van der Waals surface area contributed by atoms with Gasteiger partial charge in [-0.3, -0.25) is 4.57 Å². The summed E-state index contributed by atoms with van der Waals surface area (Å²) >= 11 is 0. The molecule has 7 heteroatoms. The molecule has 0 saturated carbocycles. The van der Waals surface area contributed by atoms with Crippen LogP contribution in [0.15, 0.2) is 123 Å². The van der Waals surface area contributed by atoms with Crippen molar-refractivity contribution in [1.29, 1.82) is 0 Å². The molecule has 0 aliphatic carbocycles. The van der Waals surface area contributed by atoms with E-state index in [1.807, 2.05) is 89.5 Å². The number of aromatic nitrogens is 3. The van der Waals surface area contributed by atoms with E-state index >= 15 is 0 Å². The zero-order valence-corrected chi connectivity index (χ0v) is 25.2. The summed E-state index contributed by atoms with van der Waals surface area (Å²) in [7, 11) is 0. The molecule has 5 aromatic carbocycles. The molecule has 6 nitrogen and oxygen atoms in total. The molecule has 40 heavy (non-hydrogen) atoms. The van der Waals surface area contributed by atoms with Crippen molar-refractivity contribution in [2.24, 2.45) is 4.99 Å². The Bertz CT molecular complexity index is 2130.